The summed E-state index contributed by atoms with van der Waals surface area (Å²) in [5, 5.41) is 9.36. The number of carbonyl (C=O) groups excluding carboxylic acids is 2. The second-order valence-corrected chi connectivity index (χ2v) is 10.3. The summed E-state index contributed by atoms with van der Waals surface area (Å²) in [6.07, 6.45) is 2.09. The first-order valence-electron chi connectivity index (χ1n) is 12.3. The number of carbonyl (C=O) groups is 2. The van der Waals surface area contributed by atoms with Crippen LogP contribution in [0.25, 0.3) is 0 Å². The van der Waals surface area contributed by atoms with Gasteiger partial charge in [0.15, 0.2) is 11.5 Å². The van der Waals surface area contributed by atoms with Crippen LogP contribution in [0.2, 0.25) is 5.02 Å². The number of nitrogens with two attached hydrogens (primary N) is 1. The van der Waals surface area contributed by atoms with Crippen molar-refractivity contribution in [1.82, 2.24) is 19.8 Å². The molecule has 3 aromatic rings. The highest BCUT2D eigenvalue weighted by molar-refractivity contribution is 6.33. The zero-order chi connectivity index (χ0) is 27.0. The second kappa shape index (κ2) is 9.88. The molecule has 0 fully saturated rings. The summed E-state index contributed by atoms with van der Waals surface area (Å²) in [6.45, 7) is 4.82. The number of benzene rings is 2. The van der Waals surface area contributed by atoms with Crippen molar-refractivity contribution in [2.75, 3.05) is 0 Å². The van der Waals surface area contributed by atoms with Gasteiger partial charge in [-0.3, -0.25) is 14.5 Å². The number of fused-ring (bicyclic) bond motifs is 1. The number of nitriles is 1. The summed E-state index contributed by atoms with van der Waals surface area (Å²) >= 11 is 6.44. The van der Waals surface area contributed by atoms with Crippen LogP contribution in [0.3, 0.4) is 0 Å². The molecule has 0 radical (unpaired) electrons. The fourth-order valence-corrected chi connectivity index (χ4v) is 5.26. The van der Waals surface area contributed by atoms with Crippen LogP contribution in [-0.4, -0.2) is 37.5 Å². The number of aliphatic imine (C=N–C) groups is 1. The Morgan fingerprint density at radius 3 is 2.68 bits per heavy atom. The van der Waals surface area contributed by atoms with Crippen molar-refractivity contribution >= 4 is 29.4 Å². The van der Waals surface area contributed by atoms with Crippen LogP contribution in [0, 0.1) is 17.2 Å². The number of rotatable bonds is 6. The molecule has 0 saturated carbocycles. The minimum Gasteiger partial charge on any atom is -0.369 e. The van der Waals surface area contributed by atoms with Crippen molar-refractivity contribution in [2.45, 2.75) is 45.4 Å². The molecule has 38 heavy (non-hydrogen) atoms. The van der Waals surface area contributed by atoms with Gasteiger partial charge in [0, 0.05) is 18.3 Å². The van der Waals surface area contributed by atoms with E-state index >= 15 is 0 Å². The highest BCUT2D eigenvalue weighted by Crippen LogP contribution is 2.39. The normalized spacial score (nSPS) is 18.5. The number of guanidine groups is 1. The van der Waals surface area contributed by atoms with Gasteiger partial charge in [0.1, 0.15) is 6.07 Å². The molecule has 5 rings (SSSR count). The number of amides is 2. The van der Waals surface area contributed by atoms with Gasteiger partial charge in [-0.1, -0.05) is 61.8 Å². The summed E-state index contributed by atoms with van der Waals surface area (Å²) in [5.74, 6) is -0.0597. The molecule has 3 heterocycles. The number of hydrogen-bond acceptors (Lipinski definition) is 7. The lowest BCUT2D eigenvalue weighted by atomic mass is 9.82. The standard InChI is InChI=1S/C28H26ClN7O2/c1-17(2)11-28(20-6-4-3-5-7-20)26(38)36(27(31)34-28)14-18-8-9-22(29)21(10-18)25(37)35-15-19-13-32-24(12-30)33-23(19)16-35/h3-10,13,17H,11,14-16H2,1-2H3,(H2,31,34)/t28-/m0/s1. The SMILES string of the molecule is CC(C)C[C@@]1(c2ccccc2)N=C(N)N(Cc2ccc(Cl)c(C(=O)N3Cc4cnc(C#N)nc4C3)c2)C1=O. The quantitative estimate of drug-likeness (QED) is 0.519. The summed E-state index contributed by atoms with van der Waals surface area (Å²) in [7, 11) is 0. The summed E-state index contributed by atoms with van der Waals surface area (Å²) < 4.78 is 0. The van der Waals surface area contributed by atoms with Gasteiger partial charge in [0.05, 0.1) is 29.4 Å². The van der Waals surface area contributed by atoms with Crippen molar-refractivity contribution in [3.63, 3.8) is 0 Å². The topological polar surface area (TPSA) is 129 Å². The van der Waals surface area contributed by atoms with E-state index in [1.807, 2.05) is 50.2 Å². The van der Waals surface area contributed by atoms with Crippen LogP contribution in [0.5, 0.6) is 0 Å². The Kier molecular flexibility index (Phi) is 6.59. The molecule has 0 spiro atoms. The van der Waals surface area contributed by atoms with Crippen LogP contribution < -0.4 is 5.73 Å². The third-order valence-corrected chi connectivity index (χ3v) is 7.11. The van der Waals surface area contributed by atoms with Crippen molar-refractivity contribution in [3.8, 4) is 6.07 Å². The lowest BCUT2D eigenvalue weighted by Crippen LogP contribution is -2.43. The zero-order valence-corrected chi connectivity index (χ0v) is 21.8. The first kappa shape index (κ1) is 25.4. The van der Waals surface area contributed by atoms with Gasteiger partial charge in [-0.05, 0) is 35.6 Å². The van der Waals surface area contributed by atoms with Gasteiger partial charge in [-0.2, -0.15) is 5.26 Å². The molecule has 1 aromatic heterocycles. The first-order valence-corrected chi connectivity index (χ1v) is 12.6. The van der Waals surface area contributed by atoms with Gasteiger partial charge in [0.25, 0.3) is 11.8 Å². The summed E-state index contributed by atoms with van der Waals surface area (Å²) in [5.41, 5.74) is 8.47. The van der Waals surface area contributed by atoms with E-state index in [-0.39, 0.29) is 42.6 Å². The second-order valence-electron chi connectivity index (χ2n) is 9.94. The third-order valence-electron chi connectivity index (χ3n) is 6.78. The van der Waals surface area contributed by atoms with Crippen LogP contribution in [0.15, 0.2) is 59.7 Å². The Labute approximate surface area is 225 Å². The number of aromatic nitrogens is 2. The monoisotopic (exact) mass is 527 g/mol. The fourth-order valence-electron chi connectivity index (χ4n) is 5.07. The number of hydrogen-bond donors (Lipinski definition) is 1. The minimum atomic E-state index is -1.09. The number of halogens is 1. The Morgan fingerprint density at radius 1 is 1.21 bits per heavy atom. The maximum atomic E-state index is 13.8. The smallest absolute Gasteiger partial charge is 0.262 e. The van der Waals surface area contributed by atoms with Crippen LogP contribution in [0.4, 0.5) is 0 Å². The summed E-state index contributed by atoms with van der Waals surface area (Å²) in [4.78, 5) is 43.2. The molecular formula is C28H26ClN7O2. The molecule has 2 amide bonds. The Morgan fingerprint density at radius 2 is 1.97 bits per heavy atom. The lowest BCUT2D eigenvalue weighted by molar-refractivity contribution is -0.132. The largest absolute Gasteiger partial charge is 0.369 e. The van der Waals surface area contributed by atoms with Crippen molar-refractivity contribution in [1.29, 1.82) is 5.26 Å². The van der Waals surface area contributed by atoms with E-state index in [1.54, 1.807) is 29.3 Å². The molecule has 2 aliphatic rings. The Balaban J connectivity index is 1.39. The number of nitrogens with zero attached hydrogens (tertiary/aromatic N) is 6. The zero-order valence-electron chi connectivity index (χ0n) is 21.1. The van der Waals surface area contributed by atoms with Gasteiger partial charge >= 0.3 is 0 Å². The van der Waals surface area contributed by atoms with E-state index in [9.17, 15) is 9.59 Å². The molecule has 10 heteroatoms. The first-order chi connectivity index (χ1) is 18.2. The molecule has 9 nitrogen and oxygen atoms in total. The van der Waals surface area contributed by atoms with Gasteiger partial charge in [-0.25, -0.2) is 15.0 Å². The predicted molar refractivity (Wildman–Crippen MR) is 142 cm³/mol. The maximum absolute atomic E-state index is 13.8. The average molecular weight is 528 g/mol. The molecule has 0 bridgehead atoms. The van der Waals surface area contributed by atoms with Gasteiger partial charge in [0.2, 0.25) is 5.82 Å². The van der Waals surface area contributed by atoms with E-state index in [2.05, 4.69) is 9.97 Å². The molecule has 0 unspecified atom stereocenters. The Bertz CT molecular complexity index is 1500. The van der Waals surface area contributed by atoms with E-state index in [1.165, 1.54) is 4.90 Å². The highest BCUT2D eigenvalue weighted by atomic mass is 35.5. The molecule has 0 saturated heterocycles. The molecule has 192 valence electrons. The van der Waals surface area contributed by atoms with E-state index in [0.717, 1.165) is 11.1 Å². The molecule has 2 aliphatic heterocycles. The molecule has 1 atom stereocenters. The van der Waals surface area contributed by atoms with Crippen LogP contribution >= 0.6 is 11.6 Å². The maximum Gasteiger partial charge on any atom is 0.262 e. The minimum absolute atomic E-state index is 0.0663. The molecule has 2 N–H and O–H groups in total. The fraction of sp³-hybridized carbons (Fsp3) is 0.286. The molecule has 0 aliphatic carbocycles. The van der Waals surface area contributed by atoms with Crippen molar-refractivity contribution in [2.24, 2.45) is 16.6 Å². The van der Waals surface area contributed by atoms with E-state index in [4.69, 9.17) is 27.6 Å². The van der Waals surface area contributed by atoms with Crippen molar-refractivity contribution < 1.29 is 9.59 Å². The van der Waals surface area contributed by atoms with Gasteiger partial charge in [-0.15, -0.1) is 0 Å². The lowest BCUT2D eigenvalue weighted by Gasteiger charge is -2.28. The molecular weight excluding hydrogens is 502 g/mol. The summed E-state index contributed by atoms with van der Waals surface area (Å²) in [6, 6.07) is 16.5. The van der Waals surface area contributed by atoms with Crippen LogP contribution in [0.1, 0.15) is 58.8 Å². The Hall–Kier alpha value is -4.29. The molecule has 2 aromatic carbocycles. The predicted octanol–water partition coefficient (Wildman–Crippen LogP) is 3.76. The van der Waals surface area contributed by atoms with Gasteiger partial charge < -0.3 is 10.6 Å². The van der Waals surface area contributed by atoms with E-state index < -0.39 is 5.54 Å². The average Bonchev–Trinajstić information content (AvgIpc) is 3.44. The van der Waals surface area contributed by atoms with Crippen LogP contribution in [-0.2, 0) is 30.0 Å². The third kappa shape index (κ3) is 4.48. The highest BCUT2D eigenvalue weighted by Gasteiger charge is 2.49. The van der Waals surface area contributed by atoms with Crippen molar-refractivity contribution in [3.05, 3.63) is 93.5 Å². The van der Waals surface area contributed by atoms with E-state index in [0.29, 0.717) is 34.8 Å².